The van der Waals surface area contributed by atoms with Gasteiger partial charge in [0.2, 0.25) is 5.91 Å². The van der Waals surface area contributed by atoms with Crippen molar-refractivity contribution >= 4 is 17.6 Å². The molecule has 1 aliphatic heterocycles. The second-order valence-corrected chi connectivity index (χ2v) is 4.95. The van der Waals surface area contributed by atoms with Crippen LogP contribution in [0.15, 0.2) is 18.2 Å². The molecule has 108 valence electrons. The number of carboxylic acids is 1. The van der Waals surface area contributed by atoms with E-state index in [9.17, 15) is 14.0 Å². The predicted molar refractivity (Wildman–Crippen MR) is 72.2 cm³/mol. The van der Waals surface area contributed by atoms with Gasteiger partial charge in [0, 0.05) is 6.42 Å². The minimum absolute atomic E-state index is 0.0222. The normalized spacial score (nSPS) is 15.8. The van der Waals surface area contributed by atoms with Gasteiger partial charge in [0.05, 0.1) is 11.3 Å². The Bertz CT molecular complexity index is 513. The van der Waals surface area contributed by atoms with Crippen molar-refractivity contribution in [2.75, 3.05) is 18.4 Å². The molecule has 1 saturated heterocycles. The molecule has 0 bridgehead atoms. The number of carboxylic acid groups (broad SMARTS) is 1. The molecule has 20 heavy (non-hydrogen) atoms. The molecule has 0 atom stereocenters. The molecule has 0 radical (unpaired) electrons. The summed E-state index contributed by atoms with van der Waals surface area (Å²) < 4.78 is 13.7. The largest absolute Gasteiger partial charge is 0.478 e. The van der Waals surface area contributed by atoms with E-state index in [2.05, 4.69) is 10.6 Å². The van der Waals surface area contributed by atoms with Crippen LogP contribution in [0.1, 0.15) is 29.6 Å². The van der Waals surface area contributed by atoms with Crippen molar-refractivity contribution < 1.29 is 19.1 Å². The molecule has 6 heteroatoms. The van der Waals surface area contributed by atoms with E-state index in [0.29, 0.717) is 12.3 Å². The molecule has 1 amide bonds. The number of hydrogen-bond donors (Lipinski definition) is 3. The van der Waals surface area contributed by atoms with Crippen LogP contribution >= 0.6 is 0 Å². The highest BCUT2D eigenvalue weighted by Crippen LogP contribution is 2.19. The molecule has 1 aliphatic rings. The maximum Gasteiger partial charge on any atom is 0.335 e. The molecule has 0 aliphatic carbocycles. The Balaban J connectivity index is 1.95. The monoisotopic (exact) mass is 280 g/mol. The lowest BCUT2D eigenvalue weighted by molar-refractivity contribution is -0.117. The number of aromatic carboxylic acids is 1. The Morgan fingerprint density at radius 1 is 1.35 bits per heavy atom. The van der Waals surface area contributed by atoms with Gasteiger partial charge in [0.15, 0.2) is 0 Å². The zero-order valence-electron chi connectivity index (χ0n) is 11.0. The van der Waals surface area contributed by atoms with Crippen LogP contribution in [-0.2, 0) is 4.79 Å². The number of hydrogen-bond acceptors (Lipinski definition) is 3. The maximum absolute atomic E-state index is 13.7. The first-order valence-corrected chi connectivity index (χ1v) is 6.59. The Morgan fingerprint density at radius 3 is 2.65 bits per heavy atom. The first-order valence-electron chi connectivity index (χ1n) is 6.59. The van der Waals surface area contributed by atoms with Gasteiger partial charge in [-0.3, -0.25) is 4.79 Å². The molecular formula is C14H17FN2O3. The number of halogens is 1. The average Bonchev–Trinajstić information content (AvgIpc) is 2.42. The summed E-state index contributed by atoms with van der Waals surface area (Å²) >= 11 is 0. The van der Waals surface area contributed by atoms with E-state index in [1.54, 1.807) is 0 Å². The van der Waals surface area contributed by atoms with E-state index in [4.69, 9.17) is 5.11 Å². The van der Waals surface area contributed by atoms with Crippen molar-refractivity contribution in [3.05, 3.63) is 29.6 Å². The quantitative estimate of drug-likeness (QED) is 0.786. The van der Waals surface area contributed by atoms with Crippen molar-refractivity contribution in [2.45, 2.75) is 19.3 Å². The van der Waals surface area contributed by atoms with Crippen LogP contribution in [0, 0.1) is 11.7 Å². The van der Waals surface area contributed by atoms with Crippen LogP contribution < -0.4 is 10.6 Å². The summed E-state index contributed by atoms with van der Waals surface area (Å²) in [7, 11) is 0. The average molecular weight is 280 g/mol. The molecule has 3 N–H and O–H groups in total. The maximum atomic E-state index is 13.7. The lowest BCUT2D eigenvalue weighted by Gasteiger charge is -2.21. The SMILES string of the molecule is O=C(CC1CCNCC1)Nc1ccc(C(=O)O)cc1F. The number of carbonyl (C=O) groups excluding carboxylic acids is 1. The zero-order valence-corrected chi connectivity index (χ0v) is 11.0. The van der Waals surface area contributed by atoms with Crippen LogP contribution in [-0.4, -0.2) is 30.1 Å². The van der Waals surface area contributed by atoms with Crippen LogP contribution in [0.5, 0.6) is 0 Å². The topological polar surface area (TPSA) is 78.4 Å². The summed E-state index contributed by atoms with van der Waals surface area (Å²) in [5.41, 5.74) is -0.118. The second kappa shape index (κ2) is 6.47. The van der Waals surface area contributed by atoms with Gasteiger partial charge in [-0.1, -0.05) is 0 Å². The summed E-state index contributed by atoms with van der Waals surface area (Å²) in [6, 6.07) is 3.45. The first kappa shape index (κ1) is 14.5. The Labute approximate surface area is 116 Å². The molecule has 1 aromatic carbocycles. The van der Waals surface area contributed by atoms with Gasteiger partial charge < -0.3 is 15.7 Å². The molecular weight excluding hydrogens is 263 g/mol. The number of nitrogens with one attached hydrogen (secondary N) is 2. The van der Waals surface area contributed by atoms with Gasteiger partial charge in [0.1, 0.15) is 5.82 Å². The van der Waals surface area contributed by atoms with E-state index in [0.717, 1.165) is 32.0 Å². The summed E-state index contributed by atoms with van der Waals surface area (Å²) in [4.78, 5) is 22.5. The fourth-order valence-electron chi connectivity index (χ4n) is 2.30. The molecule has 1 heterocycles. The van der Waals surface area contributed by atoms with Gasteiger partial charge >= 0.3 is 5.97 Å². The summed E-state index contributed by atoms with van der Waals surface area (Å²) in [5, 5.41) is 14.5. The number of carbonyl (C=O) groups is 2. The molecule has 2 rings (SSSR count). The molecule has 0 saturated carbocycles. The van der Waals surface area contributed by atoms with E-state index in [1.165, 1.54) is 12.1 Å². The van der Waals surface area contributed by atoms with Crippen LogP contribution in [0.4, 0.5) is 10.1 Å². The third-order valence-electron chi connectivity index (χ3n) is 3.42. The van der Waals surface area contributed by atoms with Crippen LogP contribution in [0.25, 0.3) is 0 Å². The van der Waals surface area contributed by atoms with Gasteiger partial charge in [-0.2, -0.15) is 0 Å². The van der Waals surface area contributed by atoms with E-state index < -0.39 is 11.8 Å². The molecule has 0 unspecified atom stereocenters. The summed E-state index contributed by atoms with van der Waals surface area (Å²) in [6.45, 7) is 1.80. The third kappa shape index (κ3) is 3.77. The minimum atomic E-state index is -1.20. The van der Waals surface area contributed by atoms with Gasteiger partial charge in [0.25, 0.3) is 0 Å². The van der Waals surface area contributed by atoms with Gasteiger partial charge in [-0.05, 0) is 50.0 Å². The summed E-state index contributed by atoms with van der Waals surface area (Å²) in [5.74, 6) is -1.85. The third-order valence-corrected chi connectivity index (χ3v) is 3.42. The van der Waals surface area contributed by atoms with Crippen molar-refractivity contribution in [3.8, 4) is 0 Å². The van der Waals surface area contributed by atoms with E-state index in [1.807, 2.05) is 0 Å². The van der Waals surface area contributed by atoms with Crippen molar-refractivity contribution in [3.63, 3.8) is 0 Å². The number of benzene rings is 1. The second-order valence-electron chi connectivity index (χ2n) is 4.95. The number of amides is 1. The van der Waals surface area contributed by atoms with E-state index in [-0.39, 0.29) is 17.2 Å². The number of rotatable bonds is 4. The molecule has 1 aromatic rings. The molecule has 1 fully saturated rings. The highest BCUT2D eigenvalue weighted by molar-refractivity contribution is 5.92. The molecule has 0 aromatic heterocycles. The van der Waals surface area contributed by atoms with Crippen molar-refractivity contribution in [1.82, 2.24) is 5.32 Å². The number of piperidine rings is 1. The highest BCUT2D eigenvalue weighted by Gasteiger charge is 2.18. The van der Waals surface area contributed by atoms with Gasteiger partial charge in [-0.25, -0.2) is 9.18 Å². The Morgan fingerprint density at radius 2 is 2.05 bits per heavy atom. The minimum Gasteiger partial charge on any atom is -0.478 e. The lowest BCUT2D eigenvalue weighted by atomic mass is 9.94. The number of anilines is 1. The van der Waals surface area contributed by atoms with E-state index >= 15 is 0 Å². The standard InChI is InChI=1S/C14H17FN2O3/c15-11-8-10(14(19)20)1-2-12(11)17-13(18)7-9-3-5-16-6-4-9/h1-2,8-9,16H,3-7H2,(H,17,18)(H,19,20). The molecule has 5 nitrogen and oxygen atoms in total. The Kier molecular flexibility index (Phi) is 4.68. The van der Waals surface area contributed by atoms with Crippen LogP contribution in [0.3, 0.4) is 0 Å². The smallest absolute Gasteiger partial charge is 0.335 e. The predicted octanol–water partition coefficient (Wildman–Crippen LogP) is 1.85. The molecule has 0 spiro atoms. The fraction of sp³-hybridized carbons (Fsp3) is 0.429. The zero-order chi connectivity index (χ0) is 14.5. The van der Waals surface area contributed by atoms with Gasteiger partial charge in [-0.15, -0.1) is 0 Å². The summed E-state index contributed by atoms with van der Waals surface area (Å²) in [6.07, 6.45) is 2.24. The Hall–Kier alpha value is -1.95. The first-order chi connectivity index (χ1) is 9.56. The van der Waals surface area contributed by atoms with Crippen molar-refractivity contribution in [1.29, 1.82) is 0 Å². The van der Waals surface area contributed by atoms with Crippen molar-refractivity contribution in [2.24, 2.45) is 5.92 Å². The lowest BCUT2D eigenvalue weighted by Crippen LogP contribution is -2.30. The van der Waals surface area contributed by atoms with Crippen LogP contribution in [0.2, 0.25) is 0 Å². The highest BCUT2D eigenvalue weighted by atomic mass is 19.1. The fourth-order valence-corrected chi connectivity index (χ4v) is 2.30.